The summed E-state index contributed by atoms with van der Waals surface area (Å²) in [7, 11) is 0. The number of carbonyl (C=O) groups excluding carboxylic acids is 2. The molecule has 3 aromatic rings. The number of fused-ring (bicyclic) bond motifs is 1. The Hall–Kier alpha value is -3.15. The van der Waals surface area contributed by atoms with Crippen LogP contribution in [0.3, 0.4) is 0 Å². The summed E-state index contributed by atoms with van der Waals surface area (Å²) in [6.07, 6.45) is 0.239. The van der Waals surface area contributed by atoms with Crippen molar-refractivity contribution in [2.24, 2.45) is 0 Å². The minimum absolute atomic E-state index is 0.0807. The van der Waals surface area contributed by atoms with E-state index in [2.05, 4.69) is 15.3 Å². The third kappa shape index (κ3) is 4.23. The van der Waals surface area contributed by atoms with Gasteiger partial charge in [-0.3, -0.25) is 14.9 Å². The van der Waals surface area contributed by atoms with Gasteiger partial charge in [0.05, 0.1) is 17.6 Å². The Kier molecular flexibility index (Phi) is 5.09. The van der Waals surface area contributed by atoms with Crippen LogP contribution in [-0.2, 0) is 4.79 Å². The van der Waals surface area contributed by atoms with Crippen molar-refractivity contribution < 1.29 is 14.3 Å². The average molecular weight is 337 g/mol. The summed E-state index contributed by atoms with van der Waals surface area (Å²) in [5.41, 5.74) is 2.20. The summed E-state index contributed by atoms with van der Waals surface area (Å²) < 4.78 is 5.34. The van der Waals surface area contributed by atoms with Gasteiger partial charge in [0.2, 0.25) is 11.9 Å². The van der Waals surface area contributed by atoms with Crippen LogP contribution in [0, 0.1) is 0 Å². The summed E-state index contributed by atoms with van der Waals surface area (Å²) in [5, 5.41) is 2.69. The van der Waals surface area contributed by atoms with Crippen LogP contribution in [0.25, 0.3) is 11.0 Å². The Bertz CT molecular complexity index is 851. The fourth-order valence-electron chi connectivity index (χ4n) is 2.48. The summed E-state index contributed by atoms with van der Waals surface area (Å²) in [4.78, 5) is 31.5. The Morgan fingerprint density at radius 1 is 1.08 bits per heavy atom. The minimum atomic E-state index is -0.252. The largest absolute Gasteiger partial charge is 0.494 e. The molecule has 1 aromatic heterocycles. The number of hydrogen-bond donors (Lipinski definition) is 2. The topological polar surface area (TPSA) is 84.1 Å². The number of nitrogens with zero attached hydrogens (tertiary/aromatic N) is 1. The van der Waals surface area contributed by atoms with E-state index < -0.39 is 0 Å². The van der Waals surface area contributed by atoms with Gasteiger partial charge in [0.15, 0.2) is 5.78 Å². The maximum atomic E-state index is 12.2. The van der Waals surface area contributed by atoms with Crippen molar-refractivity contribution in [2.75, 3.05) is 11.9 Å². The molecule has 0 spiro atoms. The van der Waals surface area contributed by atoms with Crippen LogP contribution < -0.4 is 10.1 Å². The van der Waals surface area contributed by atoms with Gasteiger partial charge in [0, 0.05) is 18.4 Å². The van der Waals surface area contributed by atoms with Crippen LogP contribution in [0.4, 0.5) is 5.95 Å². The third-order valence-corrected chi connectivity index (χ3v) is 3.71. The molecule has 0 unspecified atom stereocenters. The lowest BCUT2D eigenvalue weighted by Gasteiger charge is -2.05. The molecule has 0 saturated heterocycles. The van der Waals surface area contributed by atoms with E-state index in [0.29, 0.717) is 18.1 Å². The van der Waals surface area contributed by atoms with Gasteiger partial charge in [-0.2, -0.15) is 0 Å². The second kappa shape index (κ2) is 7.61. The standard InChI is InChI=1S/C19H19N3O3/c1-2-25-14-9-7-13(8-10-14)17(23)11-12-18(24)22-19-20-15-5-3-4-6-16(15)21-19/h3-10H,2,11-12H2,1H3,(H2,20,21,22,24). The second-order valence-electron chi connectivity index (χ2n) is 5.53. The molecule has 0 aliphatic heterocycles. The molecular formula is C19H19N3O3. The zero-order valence-electron chi connectivity index (χ0n) is 13.9. The molecule has 3 rings (SSSR count). The number of Topliss-reactive ketones (excluding diaryl/α,β-unsaturated/α-hetero) is 1. The Morgan fingerprint density at radius 2 is 1.84 bits per heavy atom. The number of amides is 1. The quantitative estimate of drug-likeness (QED) is 0.646. The number of imidazole rings is 1. The number of benzene rings is 2. The van der Waals surface area contributed by atoms with Crippen molar-refractivity contribution in [2.45, 2.75) is 19.8 Å². The van der Waals surface area contributed by atoms with Crippen molar-refractivity contribution in [1.82, 2.24) is 9.97 Å². The van der Waals surface area contributed by atoms with E-state index in [9.17, 15) is 9.59 Å². The fourth-order valence-corrected chi connectivity index (χ4v) is 2.48. The fraction of sp³-hybridized carbons (Fsp3) is 0.211. The molecule has 1 heterocycles. The van der Waals surface area contributed by atoms with Gasteiger partial charge in [0.25, 0.3) is 0 Å². The first-order valence-corrected chi connectivity index (χ1v) is 8.16. The SMILES string of the molecule is CCOc1ccc(C(=O)CCC(=O)Nc2nc3ccccc3[nH]2)cc1. The summed E-state index contributed by atoms with van der Waals surface area (Å²) in [6.45, 7) is 2.48. The molecule has 0 aliphatic carbocycles. The molecule has 0 atom stereocenters. The van der Waals surface area contributed by atoms with Crippen LogP contribution in [0.2, 0.25) is 0 Å². The van der Waals surface area contributed by atoms with E-state index in [1.807, 2.05) is 31.2 Å². The molecule has 128 valence electrons. The minimum Gasteiger partial charge on any atom is -0.494 e. The van der Waals surface area contributed by atoms with Crippen molar-refractivity contribution in [3.63, 3.8) is 0 Å². The lowest BCUT2D eigenvalue weighted by Crippen LogP contribution is -2.14. The zero-order valence-corrected chi connectivity index (χ0v) is 13.9. The van der Waals surface area contributed by atoms with E-state index in [1.54, 1.807) is 24.3 Å². The Morgan fingerprint density at radius 3 is 2.56 bits per heavy atom. The first-order chi connectivity index (χ1) is 12.2. The van der Waals surface area contributed by atoms with Crippen molar-refractivity contribution >= 4 is 28.7 Å². The van der Waals surface area contributed by atoms with E-state index in [-0.39, 0.29) is 24.5 Å². The first-order valence-electron chi connectivity index (χ1n) is 8.16. The molecular weight excluding hydrogens is 318 g/mol. The van der Waals surface area contributed by atoms with Crippen molar-refractivity contribution in [1.29, 1.82) is 0 Å². The molecule has 0 saturated carbocycles. The highest BCUT2D eigenvalue weighted by atomic mass is 16.5. The lowest BCUT2D eigenvalue weighted by atomic mass is 10.1. The molecule has 0 fully saturated rings. The van der Waals surface area contributed by atoms with Crippen LogP contribution in [0.15, 0.2) is 48.5 Å². The summed E-state index contributed by atoms with van der Waals surface area (Å²) in [6, 6.07) is 14.4. The third-order valence-electron chi connectivity index (χ3n) is 3.71. The van der Waals surface area contributed by atoms with Gasteiger partial charge >= 0.3 is 0 Å². The van der Waals surface area contributed by atoms with Crippen molar-refractivity contribution in [3.8, 4) is 5.75 Å². The second-order valence-corrected chi connectivity index (χ2v) is 5.53. The molecule has 0 aliphatic rings. The summed E-state index contributed by atoms with van der Waals surface area (Å²) >= 11 is 0. The van der Waals surface area contributed by atoms with Gasteiger partial charge in [-0.05, 0) is 43.3 Å². The van der Waals surface area contributed by atoms with E-state index in [0.717, 1.165) is 16.8 Å². The Labute approximate surface area is 145 Å². The lowest BCUT2D eigenvalue weighted by molar-refractivity contribution is -0.116. The highest BCUT2D eigenvalue weighted by Crippen LogP contribution is 2.15. The van der Waals surface area contributed by atoms with Gasteiger partial charge in [-0.1, -0.05) is 12.1 Å². The normalized spacial score (nSPS) is 10.6. The number of aromatic amines is 1. The van der Waals surface area contributed by atoms with Crippen molar-refractivity contribution in [3.05, 3.63) is 54.1 Å². The monoisotopic (exact) mass is 337 g/mol. The van der Waals surface area contributed by atoms with Crippen LogP contribution in [0.5, 0.6) is 5.75 Å². The number of H-pyrrole nitrogens is 1. The van der Waals surface area contributed by atoms with Gasteiger partial charge in [-0.15, -0.1) is 0 Å². The number of ether oxygens (including phenoxy) is 1. The zero-order chi connectivity index (χ0) is 17.6. The first kappa shape index (κ1) is 16.7. The maximum absolute atomic E-state index is 12.2. The van der Waals surface area contributed by atoms with Gasteiger partial charge in [0.1, 0.15) is 5.75 Å². The average Bonchev–Trinajstić information content (AvgIpc) is 3.02. The van der Waals surface area contributed by atoms with E-state index in [4.69, 9.17) is 4.74 Å². The molecule has 25 heavy (non-hydrogen) atoms. The number of aromatic nitrogens is 2. The number of ketones is 1. The number of para-hydroxylation sites is 2. The number of nitrogens with one attached hydrogen (secondary N) is 2. The molecule has 0 bridgehead atoms. The highest BCUT2D eigenvalue weighted by Gasteiger charge is 2.11. The van der Waals surface area contributed by atoms with Gasteiger partial charge in [-0.25, -0.2) is 4.98 Å². The number of rotatable bonds is 7. The number of anilines is 1. The molecule has 2 aromatic carbocycles. The van der Waals surface area contributed by atoms with Crippen LogP contribution in [0.1, 0.15) is 30.1 Å². The number of hydrogen-bond acceptors (Lipinski definition) is 4. The maximum Gasteiger partial charge on any atom is 0.227 e. The molecule has 6 nitrogen and oxygen atoms in total. The van der Waals surface area contributed by atoms with Crippen LogP contribution >= 0.6 is 0 Å². The Balaban J connectivity index is 1.53. The molecule has 2 N–H and O–H groups in total. The van der Waals surface area contributed by atoms with Gasteiger partial charge < -0.3 is 9.72 Å². The molecule has 1 amide bonds. The predicted molar refractivity (Wildman–Crippen MR) is 95.9 cm³/mol. The van der Waals surface area contributed by atoms with E-state index in [1.165, 1.54) is 0 Å². The predicted octanol–water partition coefficient (Wildman–Crippen LogP) is 3.56. The van der Waals surface area contributed by atoms with Crippen LogP contribution in [-0.4, -0.2) is 28.3 Å². The smallest absolute Gasteiger partial charge is 0.227 e. The molecule has 6 heteroatoms. The number of carbonyl (C=O) groups is 2. The molecule has 0 radical (unpaired) electrons. The highest BCUT2D eigenvalue weighted by molar-refractivity contribution is 6.00. The van der Waals surface area contributed by atoms with E-state index >= 15 is 0 Å². The summed E-state index contributed by atoms with van der Waals surface area (Å²) in [5.74, 6) is 0.780.